The number of hydrogen-bond donors (Lipinski definition) is 2. The molecule has 2 aromatic rings. The fourth-order valence-electron chi connectivity index (χ4n) is 2.51. The summed E-state index contributed by atoms with van der Waals surface area (Å²) in [6, 6.07) is 7.30. The highest BCUT2D eigenvalue weighted by Gasteiger charge is 2.29. The van der Waals surface area contributed by atoms with Crippen LogP contribution in [0.2, 0.25) is 0 Å². The van der Waals surface area contributed by atoms with Crippen LogP contribution >= 0.6 is 27.3 Å². The minimum atomic E-state index is -0.215. The van der Waals surface area contributed by atoms with E-state index in [0.29, 0.717) is 18.3 Å². The SMILES string of the molecule is CN(CC1CC(O)C1)C(=O)Nc1ccc(-c2ccc(Br)s2)nn1. The molecule has 3 rings (SSSR count). The van der Waals surface area contributed by atoms with Crippen LogP contribution in [-0.4, -0.2) is 45.9 Å². The molecule has 2 N–H and O–H groups in total. The van der Waals surface area contributed by atoms with Crippen LogP contribution in [0.1, 0.15) is 12.8 Å². The van der Waals surface area contributed by atoms with Gasteiger partial charge in [0.2, 0.25) is 0 Å². The molecule has 0 radical (unpaired) electrons. The van der Waals surface area contributed by atoms with Crippen molar-refractivity contribution in [2.24, 2.45) is 5.92 Å². The summed E-state index contributed by atoms with van der Waals surface area (Å²) < 4.78 is 1.04. The molecule has 0 aromatic carbocycles. The predicted octanol–water partition coefficient (Wildman–Crippen LogP) is 3.20. The molecule has 1 aliphatic rings. The zero-order valence-corrected chi connectivity index (χ0v) is 15.0. The van der Waals surface area contributed by atoms with Crippen molar-refractivity contribution in [2.45, 2.75) is 18.9 Å². The van der Waals surface area contributed by atoms with Crippen molar-refractivity contribution < 1.29 is 9.90 Å². The topological polar surface area (TPSA) is 78.4 Å². The minimum absolute atomic E-state index is 0.202. The molecule has 0 atom stereocenters. The molecule has 122 valence electrons. The van der Waals surface area contributed by atoms with Gasteiger partial charge in [0.05, 0.1) is 14.8 Å². The number of carbonyl (C=O) groups is 1. The third-order valence-electron chi connectivity index (χ3n) is 3.81. The van der Waals surface area contributed by atoms with Crippen LogP contribution in [-0.2, 0) is 0 Å². The Hall–Kier alpha value is -1.51. The number of halogens is 1. The molecule has 1 saturated carbocycles. The zero-order chi connectivity index (χ0) is 16.4. The number of carbonyl (C=O) groups excluding carboxylic acids is 1. The van der Waals surface area contributed by atoms with Crippen LogP contribution in [0.15, 0.2) is 28.1 Å². The Morgan fingerprint density at radius 2 is 2.17 bits per heavy atom. The number of anilines is 1. The average molecular weight is 397 g/mol. The molecular formula is C15H17BrN4O2S. The smallest absolute Gasteiger partial charge is 0.322 e. The number of aromatic nitrogens is 2. The lowest BCUT2D eigenvalue weighted by Crippen LogP contribution is -2.41. The summed E-state index contributed by atoms with van der Waals surface area (Å²) in [5.74, 6) is 0.807. The van der Waals surface area contributed by atoms with E-state index in [0.717, 1.165) is 27.2 Å². The summed E-state index contributed by atoms with van der Waals surface area (Å²) in [4.78, 5) is 14.7. The molecule has 1 fully saturated rings. The number of thiophene rings is 1. The van der Waals surface area contributed by atoms with Crippen molar-refractivity contribution in [1.82, 2.24) is 15.1 Å². The second-order valence-corrected chi connectivity index (χ2v) is 8.17. The van der Waals surface area contributed by atoms with Crippen LogP contribution in [0.5, 0.6) is 0 Å². The quantitative estimate of drug-likeness (QED) is 0.831. The molecule has 0 aliphatic heterocycles. The molecule has 2 aromatic heterocycles. The molecule has 0 spiro atoms. The van der Waals surface area contributed by atoms with E-state index >= 15 is 0 Å². The maximum atomic E-state index is 12.1. The first-order valence-electron chi connectivity index (χ1n) is 7.31. The number of urea groups is 1. The number of nitrogens with zero attached hydrogens (tertiary/aromatic N) is 3. The van der Waals surface area contributed by atoms with Crippen LogP contribution in [0.4, 0.5) is 10.6 Å². The normalized spacial score (nSPS) is 20.0. The molecule has 0 unspecified atom stereocenters. The second-order valence-electron chi connectivity index (χ2n) is 5.71. The second kappa shape index (κ2) is 6.94. The average Bonchev–Trinajstić information content (AvgIpc) is 2.93. The van der Waals surface area contributed by atoms with Crippen molar-refractivity contribution in [2.75, 3.05) is 18.9 Å². The Morgan fingerprint density at radius 1 is 1.39 bits per heavy atom. The summed E-state index contributed by atoms with van der Waals surface area (Å²) in [5, 5.41) is 20.2. The van der Waals surface area contributed by atoms with Gasteiger partial charge in [0.15, 0.2) is 5.82 Å². The lowest BCUT2D eigenvalue weighted by atomic mass is 9.82. The molecule has 23 heavy (non-hydrogen) atoms. The standard InChI is InChI=1S/C15H17BrN4O2S/c1-20(8-9-6-10(21)7-9)15(22)17-14-5-2-11(18-19-14)12-3-4-13(16)23-12/h2-5,9-10,21H,6-8H2,1H3,(H,17,19,22). The number of hydrogen-bond acceptors (Lipinski definition) is 5. The number of aliphatic hydroxyl groups excluding tert-OH is 1. The molecular weight excluding hydrogens is 380 g/mol. The summed E-state index contributed by atoms with van der Waals surface area (Å²) >= 11 is 5.00. The van der Waals surface area contributed by atoms with Gasteiger partial charge in [-0.15, -0.1) is 21.5 Å². The van der Waals surface area contributed by atoms with E-state index < -0.39 is 0 Å². The van der Waals surface area contributed by atoms with Gasteiger partial charge in [0, 0.05) is 13.6 Å². The Balaban J connectivity index is 1.56. The number of rotatable bonds is 4. The largest absolute Gasteiger partial charge is 0.393 e. The van der Waals surface area contributed by atoms with Gasteiger partial charge in [-0.25, -0.2) is 4.79 Å². The van der Waals surface area contributed by atoms with E-state index in [2.05, 4.69) is 31.4 Å². The lowest BCUT2D eigenvalue weighted by Gasteiger charge is -2.34. The van der Waals surface area contributed by atoms with Gasteiger partial charge in [-0.1, -0.05) is 0 Å². The fourth-order valence-corrected chi connectivity index (χ4v) is 3.86. The van der Waals surface area contributed by atoms with Gasteiger partial charge in [-0.2, -0.15) is 0 Å². The van der Waals surface area contributed by atoms with Crippen molar-refractivity contribution in [3.8, 4) is 10.6 Å². The Morgan fingerprint density at radius 3 is 2.74 bits per heavy atom. The van der Waals surface area contributed by atoms with Crippen LogP contribution in [0.25, 0.3) is 10.6 Å². The lowest BCUT2D eigenvalue weighted by molar-refractivity contribution is 0.0332. The van der Waals surface area contributed by atoms with Gasteiger partial charge >= 0.3 is 6.03 Å². The molecule has 0 bridgehead atoms. The summed E-state index contributed by atoms with van der Waals surface area (Å²) in [7, 11) is 1.74. The molecule has 1 aliphatic carbocycles. The highest BCUT2D eigenvalue weighted by Crippen LogP contribution is 2.30. The molecule has 2 amide bonds. The van der Waals surface area contributed by atoms with Crippen molar-refractivity contribution in [3.05, 3.63) is 28.1 Å². The molecule has 8 heteroatoms. The first-order valence-corrected chi connectivity index (χ1v) is 8.92. The van der Waals surface area contributed by atoms with Gasteiger partial charge in [0.1, 0.15) is 5.69 Å². The maximum Gasteiger partial charge on any atom is 0.322 e. The first kappa shape index (κ1) is 16.4. The molecule has 0 saturated heterocycles. The number of aliphatic hydroxyl groups is 1. The summed E-state index contributed by atoms with van der Waals surface area (Å²) in [6.45, 7) is 0.637. The van der Waals surface area contributed by atoms with E-state index in [9.17, 15) is 9.90 Å². The van der Waals surface area contributed by atoms with Crippen molar-refractivity contribution >= 4 is 39.1 Å². The molecule has 6 nitrogen and oxygen atoms in total. The molecule has 2 heterocycles. The Labute approximate surface area is 146 Å². The number of nitrogens with one attached hydrogen (secondary N) is 1. The van der Waals surface area contributed by atoms with Gasteiger partial charge in [0.25, 0.3) is 0 Å². The minimum Gasteiger partial charge on any atom is -0.393 e. The van der Waals surface area contributed by atoms with E-state index in [-0.39, 0.29) is 12.1 Å². The highest BCUT2D eigenvalue weighted by atomic mass is 79.9. The Bertz CT molecular complexity index is 685. The zero-order valence-electron chi connectivity index (χ0n) is 12.6. The van der Waals surface area contributed by atoms with Crippen molar-refractivity contribution in [3.63, 3.8) is 0 Å². The fraction of sp³-hybridized carbons (Fsp3) is 0.400. The van der Waals surface area contributed by atoms with E-state index in [1.54, 1.807) is 29.4 Å². The summed E-state index contributed by atoms with van der Waals surface area (Å²) in [6.07, 6.45) is 1.33. The van der Waals surface area contributed by atoms with Crippen molar-refractivity contribution in [1.29, 1.82) is 0 Å². The third kappa shape index (κ3) is 4.07. The van der Waals surface area contributed by atoms with E-state index in [1.165, 1.54) is 0 Å². The predicted molar refractivity (Wildman–Crippen MR) is 93.4 cm³/mol. The van der Waals surface area contributed by atoms with E-state index in [1.807, 2.05) is 18.2 Å². The summed E-state index contributed by atoms with van der Waals surface area (Å²) in [5.41, 5.74) is 0.774. The van der Waals surface area contributed by atoms with Gasteiger partial charge < -0.3 is 10.0 Å². The Kier molecular flexibility index (Phi) is 4.93. The monoisotopic (exact) mass is 396 g/mol. The maximum absolute atomic E-state index is 12.1. The van der Waals surface area contributed by atoms with E-state index in [4.69, 9.17) is 0 Å². The highest BCUT2D eigenvalue weighted by molar-refractivity contribution is 9.11. The first-order chi connectivity index (χ1) is 11.0. The third-order valence-corrected chi connectivity index (χ3v) is 5.46. The van der Waals surface area contributed by atoms with Gasteiger partial charge in [-0.3, -0.25) is 5.32 Å². The number of amides is 2. The van der Waals surface area contributed by atoms with Crippen LogP contribution in [0.3, 0.4) is 0 Å². The van der Waals surface area contributed by atoms with Crippen LogP contribution in [0, 0.1) is 5.92 Å². The van der Waals surface area contributed by atoms with Gasteiger partial charge in [-0.05, 0) is 59.0 Å². The van der Waals surface area contributed by atoms with Crippen LogP contribution < -0.4 is 5.32 Å².